The number of aliphatic carboxylic acids is 1. The van der Waals surface area contributed by atoms with Gasteiger partial charge >= 0.3 is 12.1 Å². The molecule has 2 heterocycles. The maximum absolute atomic E-state index is 12.7. The van der Waals surface area contributed by atoms with Gasteiger partial charge in [-0.05, 0) is 39.4 Å². The first-order valence-electron chi connectivity index (χ1n) is 10.5. The van der Waals surface area contributed by atoms with Crippen LogP contribution in [0.1, 0.15) is 31.7 Å². The number of amides is 1. The monoisotopic (exact) mass is 470 g/mol. The largest absolute Gasteiger partial charge is 0.490 e. The molecule has 1 aliphatic rings. The van der Waals surface area contributed by atoms with Crippen molar-refractivity contribution in [3.05, 3.63) is 48.0 Å². The van der Waals surface area contributed by atoms with Gasteiger partial charge in [0.25, 0.3) is 5.91 Å². The average Bonchev–Trinajstić information content (AvgIpc) is 2.99. The van der Waals surface area contributed by atoms with Gasteiger partial charge in [-0.1, -0.05) is 18.2 Å². The summed E-state index contributed by atoms with van der Waals surface area (Å²) in [5.74, 6) is -2.01. The third kappa shape index (κ3) is 8.08. The molecule has 8 nitrogen and oxygen atoms in total. The van der Waals surface area contributed by atoms with Gasteiger partial charge in [0.05, 0.1) is 24.3 Å². The number of carboxylic acids is 1. The summed E-state index contributed by atoms with van der Waals surface area (Å²) >= 11 is 0. The van der Waals surface area contributed by atoms with Crippen LogP contribution in [-0.4, -0.2) is 68.8 Å². The molecule has 1 aromatic heterocycles. The molecule has 1 N–H and O–H groups in total. The number of para-hydroxylation sites is 1. The van der Waals surface area contributed by atoms with Gasteiger partial charge in [-0.25, -0.2) is 9.78 Å². The molecule has 0 unspecified atom stereocenters. The molecule has 0 aliphatic carbocycles. The normalized spacial score (nSPS) is 13.8. The zero-order valence-electron chi connectivity index (χ0n) is 18.9. The number of nitrogens with zero attached hydrogens (tertiary/aromatic N) is 4. The molecular weight excluding hydrogens is 441 g/mol. The molecule has 2 aromatic rings. The molecule has 0 saturated carbocycles. The van der Waals surface area contributed by atoms with Gasteiger partial charge in [0.1, 0.15) is 5.75 Å². The van der Waals surface area contributed by atoms with E-state index >= 15 is 0 Å². The maximum Gasteiger partial charge on any atom is 0.490 e. The highest BCUT2D eigenvalue weighted by Gasteiger charge is 2.38. The van der Waals surface area contributed by atoms with Gasteiger partial charge in [0, 0.05) is 25.7 Å². The minimum absolute atomic E-state index is 0.0201. The Morgan fingerprint density at radius 2 is 1.85 bits per heavy atom. The van der Waals surface area contributed by atoms with Crippen LogP contribution in [0.15, 0.2) is 36.7 Å². The molecule has 33 heavy (non-hydrogen) atoms. The van der Waals surface area contributed by atoms with Crippen molar-refractivity contribution in [2.45, 2.75) is 52.1 Å². The number of aryl methyl sites for hydroxylation is 1. The molecule has 1 amide bonds. The second-order valence-electron chi connectivity index (χ2n) is 7.91. The minimum atomic E-state index is -5.08. The van der Waals surface area contributed by atoms with E-state index in [0.717, 1.165) is 43.2 Å². The summed E-state index contributed by atoms with van der Waals surface area (Å²) in [5, 5.41) is 7.12. The highest BCUT2D eigenvalue weighted by atomic mass is 19.4. The molecule has 0 fully saturated rings. The highest BCUT2D eigenvalue weighted by molar-refractivity contribution is 5.77. The summed E-state index contributed by atoms with van der Waals surface area (Å²) in [6.07, 6.45) is -2.24. The molecule has 3 rings (SSSR count). The van der Waals surface area contributed by atoms with Crippen LogP contribution >= 0.6 is 0 Å². The van der Waals surface area contributed by atoms with E-state index < -0.39 is 12.1 Å². The number of hydrogen-bond donors (Lipinski definition) is 1. The van der Waals surface area contributed by atoms with Crippen LogP contribution in [0.3, 0.4) is 0 Å². The van der Waals surface area contributed by atoms with Crippen molar-refractivity contribution in [3.8, 4) is 5.75 Å². The molecule has 1 aromatic carbocycles. The van der Waals surface area contributed by atoms with E-state index in [2.05, 4.69) is 35.3 Å². The SMILES string of the molecule is CC(C)N(C)Cc1ncn2c1CN(C(=O)COc1ccccc1)CCC2.O=C(O)C(F)(F)F. The number of hydrogen-bond acceptors (Lipinski definition) is 5. The van der Waals surface area contributed by atoms with Crippen LogP contribution in [0.4, 0.5) is 13.2 Å². The summed E-state index contributed by atoms with van der Waals surface area (Å²) in [7, 11) is 2.10. The number of halogens is 3. The lowest BCUT2D eigenvalue weighted by Crippen LogP contribution is -2.35. The quantitative estimate of drug-likeness (QED) is 0.698. The summed E-state index contributed by atoms with van der Waals surface area (Å²) in [5.41, 5.74) is 2.20. The van der Waals surface area contributed by atoms with E-state index in [1.165, 1.54) is 0 Å². The zero-order chi connectivity index (χ0) is 24.6. The van der Waals surface area contributed by atoms with Crippen molar-refractivity contribution in [2.75, 3.05) is 20.2 Å². The van der Waals surface area contributed by atoms with E-state index in [1.54, 1.807) is 0 Å². The number of aromatic nitrogens is 2. The Hall–Kier alpha value is -3.08. The molecule has 0 saturated heterocycles. The number of carboxylic acid groups (broad SMARTS) is 1. The van der Waals surface area contributed by atoms with Crippen LogP contribution < -0.4 is 4.74 Å². The summed E-state index contributed by atoms with van der Waals surface area (Å²) < 4.78 is 39.6. The van der Waals surface area contributed by atoms with Crippen molar-refractivity contribution in [1.29, 1.82) is 0 Å². The number of carbonyl (C=O) groups is 2. The van der Waals surface area contributed by atoms with Gasteiger partial charge in [-0.2, -0.15) is 13.2 Å². The Labute approximate surface area is 190 Å². The molecule has 182 valence electrons. The number of benzene rings is 1. The molecule has 0 spiro atoms. The molecule has 1 aliphatic heterocycles. The first-order valence-corrected chi connectivity index (χ1v) is 10.5. The van der Waals surface area contributed by atoms with E-state index in [0.29, 0.717) is 12.6 Å². The standard InChI is InChI=1S/C20H28N4O2.C2HF3O2/c1-16(2)22(3)12-18-19-13-23(10-7-11-24(19)15-21-18)20(25)14-26-17-8-5-4-6-9-17;3-2(4,5)1(6)7/h4-6,8-9,15-16H,7,10-14H2,1-3H3;(H,6,7). The van der Waals surface area contributed by atoms with Crippen LogP contribution in [0.5, 0.6) is 5.75 Å². The third-order valence-corrected chi connectivity index (χ3v) is 5.18. The topological polar surface area (TPSA) is 87.9 Å². The first kappa shape index (κ1) is 26.2. The lowest BCUT2D eigenvalue weighted by Gasteiger charge is -2.23. The summed E-state index contributed by atoms with van der Waals surface area (Å²) in [6.45, 7) is 7.45. The van der Waals surface area contributed by atoms with Gasteiger partial charge in [-0.15, -0.1) is 0 Å². The lowest BCUT2D eigenvalue weighted by atomic mass is 10.2. The molecule has 0 bridgehead atoms. The first-order chi connectivity index (χ1) is 15.5. The van der Waals surface area contributed by atoms with E-state index in [4.69, 9.17) is 14.6 Å². The number of rotatable bonds is 6. The van der Waals surface area contributed by atoms with E-state index in [1.807, 2.05) is 41.6 Å². The van der Waals surface area contributed by atoms with Crippen molar-refractivity contribution in [2.24, 2.45) is 0 Å². The maximum atomic E-state index is 12.7. The van der Waals surface area contributed by atoms with Gasteiger partial charge in [-0.3, -0.25) is 9.69 Å². The predicted molar refractivity (Wildman–Crippen MR) is 114 cm³/mol. The smallest absolute Gasteiger partial charge is 0.484 e. The number of alkyl halides is 3. The molecule has 0 radical (unpaired) electrons. The van der Waals surface area contributed by atoms with Crippen LogP contribution in [0.2, 0.25) is 0 Å². The van der Waals surface area contributed by atoms with Crippen LogP contribution in [0.25, 0.3) is 0 Å². The van der Waals surface area contributed by atoms with Gasteiger partial charge < -0.3 is 19.3 Å². The van der Waals surface area contributed by atoms with Crippen LogP contribution in [0, 0.1) is 0 Å². The lowest BCUT2D eigenvalue weighted by molar-refractivity contribution is -0.192. The number of ether oxygens (including phenoxy) is 1. The highest BCUT2D eigenvalue weighted by Crippen LogP contribution is 2.19. The van der Waals surface area contributed by atoms with Crippen LogP contribution in [-0.2, 0) is 29.2 Å². The number of imidazole rings is 1. The second kappa shape index (κ2) is 11.7. The minimum Gasteiger partial charge on any atom is -0.484 e. The molecule has 0 atom stereocenters. The number of carbonyl (C=O) groups excluding carboxylic acids is 1. The van der Waals surface area contributed by atoms with Gasteiger partial charge in [0.15, 0.2) is 6.61 Å². The van der Waals surface area contributed by atoms with Crippen molar-refractivity contribution in [1.82, 2.24) is 19.4 Å². The van der Waals surface area contributed by atoms with Crippen molar-refractivity contribution >= 4 is 11.9 Å². The summed E-state index contributed by atoms with van der Waals surface area (Å²) in [4.78, 5) is 30.3. The fourth-order valence-corrected chi connectivity index (χ4v) is 3.03. The summed E-state index contributed by atoms with van der Waals surface area (Å²) in [6, 6.07) is 9.93. The van der Waals surface area contributed by atoms with Crippen molar-refractivity contribution in [3.63, 3.8) is 0 Å². The van der Waals surface area contributed by atoms with Crippen molar-refractivity contribution < 1.29 is 32.6 Å². The fraction of sp³-hybridized carbons (Fsp3) is 0.500. The Morgan fingerprint density at radius 1 is 1.21 bits per heavy atom. The second-order valence-corrected chi connectivity index (χ2v) is 7.91. The molecule has 11 heteroatoms. The Bertz CT molecular complexity index is 916. The molecular formula is C22H29F3N4O4. The predicted octanol–water partition coefficient (Wildman–Crippen LogP) is 3.17. The Morgan fingerprint density at radius 3 is 2.42 bits per heavy atom. The zero-order valence-corrected chi connectivity index (χ0v) is 18.9. The third-order valence-electron chi connectivity index (χ3n) is 5.18. The van der Waals surface area contributed by atoms with Gasteiger partial charge in [0.2, 0.25) is 0 Å². The van der Waals surface area contributed by atoms with E-state index in [9.17, 15) is 18.0 Å². The van der Waals surface area contributed by atoms with E-state index in [-0.39, 0.29) is 12.5 Å². The Balaban J connectivity index is 0.000000479. The number of fused-ring (bicyclic) bond motifs is 1. The fourth-order valence-electron chi connectivity index (χ4n) is 3.03. The Kier molecular flexibility index (Phi) is 9.27. The average molecular weight is 470 g/mol.